The van der Waals surface area contributed by atoms with Gasteiger partial charge in [0.15, 0.2) is 11.6 Å². The second-order valence-corrected chi connectivity index (χ2v) is 10.0. The molecule has 12 heteroatoms. The fraction of sp³-hybridized carbons (Fsp3) is 0.368. The van der Waals surface area contributed by atoms with Crippen molar-refractivity contribution in [1.82, 2.24) is 15.2 Å². The van der Waals surface area contributed by atoms with E-state index in [0.29, 0.717) is 19.3 Å². The molecule has 5 rings (SSSR count). The summed E-state index contributed by atoms with van der Waals surface area (Å²) in [5.41, 5.74) is -0.661. The SMILES string of the molecule is Cn1c(C(=O)NC23CC(NC(=O)COc4ccc(Cl)c(F)c4)(C2)C3)ccc1S(N)(=O)=O. The van der Waals surface area contributed by atoms with Gasteiger partial charge in [-0.1, -0.05) is 11.6 Å². The second-order valence-electron chi connectivity index (χ2n) is 8.12. The summed E-state index contributed by atoms with van der Waals surface area (Å²) in [5.74, 6) is -1.20. The van der Waals surface area contributed by atoms with Gasteiger partial charge < -0.3 is 19.9 Å². The third-order valence-electron chi connectivity index (χ3n) is 5.67. The van der Waals surface area contributed by atoms with E-state index in [0.717, 1.165) is 6.07 Å². The standard InChI is InChI=1S/C19H20ClFN4O5S/c1-25-14(4-5-16(25)31(22,28)29)17(27)24-19-8-18(9-19,10-19)23-15(26)7-30-11-2-3-12(20)13(21)6-11/h2-6H,7-10H2,1H3,(H,23,26)(H,24,27)(H2,22,28,29). The van der Waals surface area contributed by atoms with E-state index in [1.807, 2.05) is 0 Å². The zero-order valence-electron chi connectivity index (χ0n) is 16.4. The molecule has 0 saturated heterocycles. The third kappa shape index (κ3) is 4.00. The first-order valence-corrected chi connectivity index (χ1v) is 11.2. The molecule has 166 valence electrons. The van der Waals surface area contributed by atoms with Crippen molar-refractivity contribution in [2.45, 2.75) is 35.4 Å². The summed E-state index contributed by atoms with van der Waals surface area (Å²) < 4.78 is 43.0. The molecule has 0 atom stereocenters. The van der Waals surface area contributed by atoms with Crippen molar-refractivity contribution in [2.24, 2.45) is 12.2 Å². The van der Waals surface area contributed by atoms with Gasteiger partial charge in [0.05, 0.1) is 5.02 Å². The molecular formula is C19H20ClFN4O5S. The second kappa shape index (κ2) is 7.21. The molecule has 9 nitrogen and oxygen atoms in total. The van der Waals surface area contributed by atoms with E-state index in [1.54, 1.807) is 0 Å². The van der Waals surface area contributed by atoms with E-state index in [-0.39, 0.29) is 34.0 Å². The molecule has 4 N–H and O–H groups in total. The molecule has 3 saturated carbocycles. The van der Waals surface area contributed by atoms with Crippen LogP contribution >= 0.6 is 11.6 Å². The highest BCUT2D eigenvalue weighted by atomic mass is 35.5. The van der Waals surface area contributed by atoms with Crippen molar-refractivity contribution >= 4 is 33.4 Å². The Hall–Kier alpha value is -2.63. The number of ether oxygens (including phenoxy) is 1. The molecule has 0 radical (unpaired) electrons. The summed E-state index contributed by atoms with van der Waals surface area (Å²) in [7, 11) is -2.48. The summed E-state index contributed by atoms with van der Waals surface area (Å²) in [6.07, 6.45) is 1.67. The number of aromatic nitrogens is 1. The molecule has 0 spiro atoms. The lowest BCUT2D eigenvalue weighted by molar-refractivity contribution is -0.141. The monoisotopic (exact) mass is 470 g/mol. The Morgan fingerprint density at radius 3 is 2.42 bits per heavy atom. The summed E-state index contributed by atoms with van der Waals surface area (Å²) in [6.45, 7) is -0.276. The number of nitrogens with zero attached hydrogens (tertiary/aromatic N) is 1. The van der Waals surface area contributed by atoms with Gasteiger partial charge >= 0.3 is 0 Å². The van der Waals surface area contributed by atoms with Gasteiger partial charge in [-0.25, -0.2) is 17.9 Å². The van der Waals surface area contributed by atoms with E-state index in [4.69, 9.17) is 21.5 Å². The molecule has 1 aromatic heterocycles. The Bertz CT molecular complexity index is 1180. The Balaban J connectivity index is 1.28. The maximum absolute atomic E-state index is 13.4. The van der Waals surface area contributed by atoms with Gasteiger partial charge in [-0.2, -0.15) is 0 Å². The van der Waals surface area contributed by atoms with E-state index in [2.05, 4.69) is 10.6 Å². The smallest absolute Gasteiger partial charge is 0.268 e. The fourth-order valence-corrected chi connectivity index (χ4v) is 5.27. The number of nitrogens with one attached hydrogen (secondary N) is 2. The Kier molecular flexibility index (Phi) is 5.02. The average Bonchev–Trinajstić information content (AvgIpc) is 3.01. The lowest BCUT2D eigenvalue weighted by atomic mass is 9.44. The average molecular weight is 471 g/mol. The number of sulfonamides is 1. The van der Waals surface area contributed by atoms with Gasteiger partial charge in [-0.05, 0) is 43.5 Å². The molecule has 0 aliphatic heterocycles. The van der Waals surface area contributed by atoms with E-state index in [9.17, 15) is 22.4 Å². The topological polar surface area (TPSA) is 133 Å². The fourth-order valence-electron chi connectivity index (χ4n) is 4.41. The molecule has 2 aromatic rings. The molecule has 2 amide bonds. The number of carbonyl (C=O) groups excluding carboxylic acids is 2. The first-order valence-electron chi connectivity index (χ1n) is 9.32. The van der Waals surface area contributed by atoms with Gasteiger partial charge in [0, 0.05) is 24.2 Å². The van der Waals surface area contributed by atoms with Crippen LogP contribution in [0.25, 0.3) is 0 Å². The number of rotatable bonds is 7. The summed E-state index contributed by atoms with van der Waals surface area (Å²) in [6, 6.07) is 6.59. The van der Waals surface area contributed by atoms with Crippen LogP contribution in [0.1, 0.15) is 29.8 Å². The van der Waals surface area contributed by atoms with Gasteiger partial charge in [-0.3, -0.25) is 9.59 Å². The predicted molar refractivity (Wildman–Crippen MR) is 109 cm³/mol. The first-order chi connectivity index (χ1) is 14.4. The van der Waals surface area contributed by atoms with Crippen LogP contribution in [-0.2, 0) is 21.9 Å². The van der Waals surface area contributed by atoms with Crippen molar-refractivity contribution in [1.29, 1.82) is 0 Å². The Labute approximate surface area is 182 Å². The normalized spacial score (nSPS) is 24.0. The molecule has 3 aliphatic carbocycles. The number of halogens is 2. The summed E-state index contributed by atoms with van der Waals surface area (Å²) in [4.78, 5) is 24.7. The molecule has 31 heavy (non-hydrogen) atoms. The number of benzene rings is 1. The zero-order chi connectivity index (χ0) is 22.6. The maximum Gasteiger partial charge on any atom is 0.268 e. The van der Waals surface area contributed by atoms with E-state index < -0.39 is 32.8 Å². The van der Waals surface area contributed by atoms with Gasteiger partial charge in [-0.15, -0.1) is 0 Å². The van der Waals surface area contributed by atoms with Crippen molar-refractivity contribution in [3.8, 4) is 5.75 Å². The zero-order valence-corrected chi connectivity index (χ0v) is 18.0. The van der Waals surface area contributed by atoms with Gasteiger partial charge in [0.25, 0.3) is 21.8 Å². The van der Waals surface area contributed by atoms with Crippen LogP contribution in [0.2, 0.25) is 5.02 Å². The molecule has 0 unspecified atom stereocenters. The lowest BCUT2D eigenvalue weighted by Gasteiger charge is -2.70. The van der Waals surface area contributed by atoms with Crippen LogP contribution in [0, 0.1) is 5.82 Å². The Morgan fingerprint density at radius 2 is 1.84 bits per heavy atom. The van der Waals surface area contributed by atoms with Crippen molar-refractivity contribution in [3.05, 3.63) is 46.9 Å². The molecule has 1 heterocycles. The van der Waals surface area contributed by atoms with Crippen LogP contribution in [0.15, 0.2) is 35.4 Å². The van der Waals surface area contributed by atoms with Crippen molar-refractivity contribution in [2.75, 3.05) is 6.61 Å². The summed E-state index contributed by atoms with van der Waals surface area (Å²) in [5, 5.41) is 10.7. The first kappa shape index (κ1) is 21.6. The number of primary sulfonamides is 1. The lowest BCUT2D eigenvalue weighted by Crippen LogP contribution is -2.84. The van der Waals surface area contributed by atoms with Crippen LogP contribution in [-0.4, -0.2) is 42.5 Å². The molecule has 1 aromatic carbocycles. The third-order valence-corrected chi connectivity index (χ3v) is 6.97. The number of carbonyl (C=O) groups is 2. The quantitative estimate of drug-likeness (QED) is 0.556. The van der Waals surface area contributed by atoms with E-state index in [1.165, 1.54) is 35.9 Å². The van der Waals surface area contributed by atoms with Gasteiger partial charge in [0.2, 0.25) is 0 Å². The van der Waals surface area contributed by atoms with Crippen molar-refractivity contribution in [3.63, 3.8) is 0 Å². The highest BCUT2D eigenvalue weighted by Crippen LogP contribution is 2.60. The minimum atomic E-state index is -3.93. The minimum absolute atomic E-state index is 0.0331. The highest BCUT2D eigenvalue weighted by molar-refractivity contribution is 7.89. The molecule has 3 fully saturated rings. The largest absolute Gasteiger partial charge is 0.484 e. The Morgan fingerprint density at radius 1 is 1.19 bits per heavy atom. The van der Waals surface area contributed by atoms with E-state index >= 15 is 0 Å². The van der Waals surface area contributed by atoms with Crippen LogP contribution < -0.4 is 20.5 Å². The van der Waals surface area contributed by atoms with Gasteiger partial charge in [0.1, 0.15) is 17.3 Å². The van der Waals surface area contributed by atoms with Crippen LogP contribution in [0.4, 0.5) is 4.39 Å². The summed E-state index contributed by atoms with van der Waals surface area (Å²) >= 11 is 5.61. The molecular weight excluding hydrogens is 451 g/mol. The number of amides is 2. The van der Waals surface area contributed by atoms with Crippen molar-refractivity contribution < 1.29 is 27.1 Å². The maximum atomic E-state index is 13.4. The minimum Gasteiger partial charge on any atom is -0.484 e. The molecule has 3 aliphatic rings. The number of hydrogen-bond donors (Lipinski definition) is 3. The number of nitrogens with two attached hydrogens (primary N) is 1. The predicted octanol–water partition coefficient (Wildman–Crippen LogP) is 1.07. The van der Waals surface area contributed by atoms with Crippen LogP contribution in [0.3, 0.4) is 0 Å². The number of hydrogen-bond acceptors (Lipinski definition) is 5. The highest BCUT2D eigenvalue weighted by Gasteiger charge is 2.69. The molecule has 2 bridgehead atoms. The van der Waals surface area contributed by atoms with Crippen LogP contribution in [0.5, 0.6) is 5.75 Å².